The summed E-state index contributed by atoms with van der Waals surface area (Å²) >= 11 is 6.21. The Hall–Kier alpha value is 0.170. The molecule has 0 spiro atoms. The smallest absolute Gasteiger partial charge is 0.0826 e. The number of hydrogen-bond donors (Lipinski definition) is 1. The summed E-state index contributed by atoms with van der Waals surface area (Å²) in [6.07, 6.45) is 2.98. The summed E-state index contributed by atoms with van der Waals surface area (Å²) < 4.78 is 5.66. The zero-order valence-corrected chi connectivity index (χ0v) is 10.2. The van der Waals surface area contributed by atoms with Gasteiger partial charge in [0.25, 0.3) is 0 Å². The summed E-state index contributed by atoms with van der Waals surface area (Å²) in [6, 6.07) is 0. The molecular formula is C11H21ClN2O. The van der Waals surface area contributed by atoms with Crippen LogP contribution in [0.1, 0.15) is 12.8 Å². The Morgan fingerprint density at radius 1 is 1.53 bits per heavy atom. The fourth-order valence-electron chi connectivity index (χ4n) is 2.00. The molecule has 2 atom stereocenters. The van der Waals surface area contributed by atoms with Crippen LogP contribution in [0.3, 0.4) is 0 Å². The van der Waals surface area contributed by atoms with Crippen LogP contribution in [0.15, 0.2) is 0 Å². The number of hydrogen-bond acceptors (Lipinski definition) is 3. The van der Waals surface area contributed by atoms with Gasteiger partial charge in [-0.2, -0.15) is 0 Å². The molecule has 0 aromatic carbocycles. The van der Waals surface area contributed by atoms with E-state index in [0.29, 0.717) is 11.5 Å². The second-order valence-corrected chi connectivity index (χ2v) is 5.33. The molecule has 1 saturated carbocycles. The van der Waals surface area contributed by atoms with Gasteiger partial charge in [0, 0.05) is 31.6 Å². The fraction of sp³-hybridized carbons (Fsp3) is 1.00. The molecule has 3 nitrogen and oxygen atoms in total. The first-order valence-electron chi connectivity index (χ1n) is 5.90. The van der Waals surface area contributed by atoms with Crippen LogP contribution in [0, 0.1) is 5.92 Å². The largest absolute Gasteiger partial charge is 0.374 e. The van der Waals surface area contributed by atoms with Crippen LogP contribution in [-0.2, 0) is 4.74 Å². The second kappa shape index (κ2) is 5.48. The molecule has 0 aromatic heterocycles. The zero-order valence-electron chi connectivity index (χ0n) is 9.42. The maximum absolute atomic E-state index is 6.21. The molecule has 1 aliphatic carbocycles. The van der Waals surface area contributed by atoms with Crippen LogP contribution in [0.25, 0.3) is 0 Å². The van der Waals surface area contributed by atoms with Crippen molar-refractivity contribution in [3.05, 3.63) is 0 Å². The summed E-state index contributed by atoms with van der Waals surface area (Å²) in [6.45, 7) is 4.80. The Bertz CT molecular complexity index is 199. The highest BCUT2D eigenvalue weighted by atomic mass is 35.5. The Labute approximate surface area is 97.1 Å². The third-order valence-electron chi connectivity index (χ3n) is 3.19. The lowest BCUT2D eigenvalue weighted by Crippen LogP contribution is -2.45. The average molecular weight is 233 g/mol. The monoisotopic (exact) mass is 232 g/mol. The third-order valence-corrected chi connectivity index (χ3v) is 3.70. The number of likely N-dealkylation sites (N-methyl/N-ethyl adjacent to an activating group) is 1. The molecule has 0 bridgehead atoms. The molecule has 15 heavy (non-hydrogen) atoms. The molecule has 2 aliphatic rings. The number of rotatable bonds is 5. The molecule has 2 rings (SSSR count). The highest BCUT2D eigenvalue weighted by Gasteiger charge is 2.29. The van der Waals surface area contributed by atoms with Gasteiger partial charge in [-0.25, -0.2) is 0 Å². The van der Waals surface area contributed by atoms with Gasteiger partial charge < -0.3 is 15.0 Å². The lowest BCUT2D eigenvalue weighted by molar-refractivity contribution is -0.0180. The van der Waals surface area contributed by atoms with Crippen molar-refractivity contribution in [2.45, 2.75) is 24.3 Å². The van der Waals surface area contributed by atoms with E-state index in [2.05, 4.69) is 17.3 Å². The van der Waals surface area contributed by atoms with E-state index in [1.807, 2.05) is 0 Å². The predicted octanol–water partition coefficient (Wildman–Crippen LogP) is 0.924. The van der Waals surface area contributed by atoms with E-state index in [9.17, 15) is 0 Å². The molecule has 2 fully saturated rings. The summed E-state index contributed by atoms with van der Waals surface area (Å²) in [4.78, 5) is 2.31. The van der Waals surface area contributed by atoms with Crippen LogP contribution in [-0.4, -0.2) is 56.2 Å². The Morgan fingerprint density at radius 2 is 2.33 bits per heavy atom. The summed E-state index contributed by atoms with van der Waals surface area (Å²) in [5.74, 6) is 0.772. The molecule has 0 radical (unpaired) electrons. The van der Waals surface area contributed by atoms with Crippen molar-refractivity contribution in [3.63, 3.8) is 0 Å². The standard InChI is InChI=1S/C11H21ClN2O/c1-14-4-5-15-10(8-14)6-13-7-11(12)9-2-3-9/h9-11,13H,2-8H2,1H3. The third kappa shape index (κ3) is 3.91. The fourth-order valence-corrected chi connectivity index (χ4v) is 2.36. The van der Waals surface area contributed by atoms with Gasteiger partial charge in [0.1, 0.15) is 0 Å². The van der Waals surface area contributed by atoms with E-state index in [1.54, 1.807) is 0 Å². The van der Waals surface area contributed by atoms with Gasteiger partial charge in [0.2, 0.25) is 0 Å². The highest BCUT2D eigenvalue weighted by Crippen LogP contribution is 2.35. The van der Waals surface area contributed by atoms with Crippen LogP contribution in [0.5, 0.6) is 0 Å². The molecule has 0 aromatic rings. The highest BCUT2D eigenvalue weighted by molar-refractivity contribution is 6.21. The van der Waals surface area contributed by atoms with Crippen molar-refractivity contribution in [1.29, 1.82) is 0 Å². The van der Waals surface area contributed by atoms with Crippen molar-refractivity contribution in [2.24, 2.45) is 5.92 Å². The minimum atomic E-state index is 0.325. The van der Waals surface area contributed by atoms with Crippen molar-refractivity contribution in [1.82, 2.24) is 10.2 Å². The van der Waals surface area contributed by atoms with Crippen LogP contribution < -0.4 is 5.32 Å². The lowest BCUT2D eigenvalue weighted by atomic mass is 10.2. The van der Waals surface area contributed by atoms with E-state index in [-0.39, 0.29) is 0 Å². The van der Waals surface area contributed by atoms with Gasteiger partial charge >= 0.3 is 0 Å². The molecule has 1 saturated heterocycles. The van der Waals surface area contributed by atoms with Gasteiger partial charge in [-0.3, -0.25) is 0 Å². The molecule has 2 unspecified atom stereocenters. The number of ether oxygens (including phenoxy) is 1. The Balaban J connectivity index is 1.56. The van der Waals surface area contributed by atoms with Crippen molar-refractivity contribution < 1.29 is 4.74 Å². The summed E-state index contributed by atoms with van der Waals surface area (Å²) in [5.41, 5.74) is 0. The van der Waals surface area contributed by atoms with Crippen molar-refractivity contribution in [3.8, 4) is 0 Å². The molecule has 0 amide bonds. The maximum Gasteiger partial charge on any atom is 0.0826 e. The van der Waals surface area contributed by atoms with Crippen LogP contribution >= 0.6 is 11.6 Å². The minimum Gasteiger partial charge on any atom is -0.374 e. The first-order valence-corrected chi connectivity index (χ1v) is 6.34. The zero-order chi connectivity index (χ0) is 10.7. The summed E-state index contributed by atoms with van der Waals surface area (Å²) in [5, 5.41) is 3.74. The SMILES string of the molecule is CN1CCOC(CNCC(Cl)C2CC2)C1. The van der Waals surface area contributed by atoms with Crippen LogP contribution in [0.2, 0.25) is 0 Å². The van der Waals surface area contributed by atoms with E-state index >= 15 is 0 Å². The number of nitrogens with zero attached hydrogens (tertiary/aromatic N) is 1. The van der Waals surface area contributed by atoms with Crippen molar-refractivity contribution >= 4 is 11.6 Å². The van der Waals surface area contributed by atoms with E-state index in [1.165, 1.54) is 12.8 Å². The molecule has 1 N–H and O–H groups in total. The molecular weight excluding hydrogens is 212 g/mol. The molecule has 1 heterocycles. The first-order chi connectivity index (χ1) is 7.25. The van der Waals surface area contributed by atoms with Gasteiger partial charge in [-0.15, -0.1) is 11.6 Å². The van der Waals surface area contributed by atoms with Gasteiger partial charge in [-0.05, 0) is 25.8 Å². The van der Waals surface area contributed by atoms with E-state index in [4.69, 9.17) is 16.3 Å². The number of alkyl halides is 1. The van der Waals surface area contributed by atoms with Gasteiger partial charge in [-0.1, -0.05) is 0 Å². The number of halogens is 1. The quantitative estimate of drug-likeness (QED) is 0.714. The van der Waals surface area contributed by atoms with Gasteiger partial charge in [0.15, 0.2) is 0 Å². The second-order valence-electron chi connectivity index (χ2n) is 4.77. The lowest BCUT2D eigenvalue weighted by Gasteiger charge is -2.30. The molecule has 4 heteroatoms. The number of nitrogens with one attached hydrogen (secondary N) is 1. The summed E-state index contributed by atoms with van der Waals surface area (Å²) in [7, 11) is 2.14. The normalized spacial score (nSPS) is 30.4. The molecule has 88 valence electrons. The maximum atomic E-state index is 6.21. The van der Waals surface area contributed by atoms with Gasteiger partial charge in [0.05, 0.1) is 12.7 Å². The average Bonchev–Trinajstić information content (AvgIpc) is 3.00. The minimum absolute atomic E-state index is 0.325. The van der Waals surface area contributed by atoms with Crippen LogP contribution in [0.4, 0.5) is 0 Å². The topological polar surface area (TPSA) is 24.5 Å². The van der Waals surface area contributed by atoms with Crippen molar-refractivity contribution in [2.75, 3.05) is 39.8 Å². The number of morpholine rings is 1. The Kier molecular flexibility index (Phi) is 4.26. The van der Waals surface area contributed by atoms with E-state index < -0.39 is 0 Å². The first kappa shape index (κ1) is 11.6. The van der Waals surface area contributed by atoms with E-state index in [0.717, 1.165) is 38.7 Å². The molecule has 1 aliphatic heterocycles. The Morgan fingerprint density at radius 3 is 3.00 bits per heavy atom. The predicted molar refractivity (Wildman–Crippen MR) is 62.5 cm³/mol.